The summed E-state index contributed by atoms with van der Waals surface area (Å²) in [6, 6.07) is 0. The average Bonchev–Trinajstić information content (AvgIpc) is 2.68. The summed E-state index contributed by atoms with van der Waals surface area (Å²) in [5, 5.41) is 0. The van der Waals surface area contributed by atoms with E-state index in [0.717, 1.165) is 0 Å². The van der Waals surface area contributed by atoms with Crippen LogP contribution in [0, 0.1) is 6.92 Å². The number of rotatable bonds is 5. The summed E-state index contributed by atoms with van der Waals surface area (Å²) in [6.45, 7) is 7.05. The van der Waals surface area contributed by atoms with Gasteiger partial charge in [0.05, 0.1) is 12.8 Å². The van der Waals surface area contributed by atoms with Crippen molar-refractivity contribution in [3.8, 4) is 0 Å². The Hall–Kier alpha value is -2.07. The fraction of sp³-hybridized carbons (Fsp3) is 0.500. The van der Waals surface area contributed by atoms with Crippen LogP contribution in [0.5, 0.6) is 0 Å². The Morgan fingerprint density at radius 2 is 2.06 bits per heavy atom. The van der Waals surface area contributed by atoms with Crippen LogP contribution in [0.3, 0.4) is 0 Å². The van der Waals surface area contributed by atoms with Crippen LogP contribution in [-0.4, -0.2) is 37.2 Å². The first-order chi connectivity index (χ1) is 8.60. The number of carbonyl (C=O) groups is 1. The minimum Gasteiger partial charge on any atom is -0.465 e. The lowest BCUT2D eigenvalue weighted by Crippen LogP contribution is -2.23. The van der Waals surface area contributed by atoms with Gasteiger partial charge in [0.25, 0.3) is 0 Å². The summed E-state index contributed by atoms with van der Waals surface area (Å²) in [7, 11) is 1.32. The van der Waals surface area contributed by atoms with Crippen molar-refractivity contribution < 1.29 is 14.3 Å². The van der Waals surface area contributed by atoms with Crippen LogP contribution >= 0.6 is 0 Å². The number of ether oxygens (including phenoxy) is 1. The first-order valence-corrected chi connectivity index (χ1v) is 5.74. The van der Waals surface area contributed by atoms with Gasteiger partial charge in [-0.2, -0.15) is 0 Å². The van der Waals surface area contributed by atoms with Crippen LogP contribution in [0.2, 0.25) is 0 Å². The van der Waals surface area contributed by atoms with E-state index in [1.807, 2.05) is 18.7 Å². The lowest BCUT2D eigenvalue weighted by molar-refractivity contribution is 0.0601. The molecular weight excluding hydrogens is 234 g/mol. The number of hydrogen-bond donors (Lipinski definition) is 1. The highest BCUT2D eigenvalue weighted by Gasteiger charge is 2.24. The molecule has 1 aromatic rings. The molecule has 6 heteroatoms. The zero-order valence-electron chi connectivity index (χ0n) is 11.0. The fourth-order valence-corrected chi connectivity index (χ4v) is 1.92. The molecule has 98 valence electrons. The van der Waals surface area contributed by atoms with Gasteiger partial charge in [-0.05, 0) is 20.8 Å². The number of methoxy groups -OCH3 is 1. The number of aliphatic imine (C=N–C) groups is 1. The van der Waals surface area contributed by atoms with Gasteiger partial charge in [-0.25, -0.2) is 9.59 Å². The molecule has 6 nitrogen and oxygen atoms in total. The number of H-pyrrole nitrogens is 1. The van der Waals surface area contributed by atoms with Crippen LogP contribution in [-0.2, 0) is 9.53 Å². The highest BCUT2D eigenvalue weighted by molar-refractivity contribution is 6.00. The first kappa shape index (κ1) is 14.0. The summed E-state index contributed by atoms with van der Waals surface area (Å²) in [5.41, 5.74) is 1.63. The number of anilines is 1. The van der Waals surface area contributed by atoms with Gasteiger partial charge in [0.2, 0.25) is 6.08 Å². The second-order valence-corrected chi connectivity index (χ2v) is 3.69. The van der Waals surface area contributed by atoms with Crippen molar-refractivity contribution in [3.63, 3.8) is 0 Å². The smallest absolute Gasteiger partial charge is 0.341 e. The molecule has 1 N–H and O–H groups in total. The third-order valence-electron chi connectivity index (χ3n) is 2.77. The molecular formula is C12H17N3O3. The monoisotopic (exact) mass is 251 g/mol. The van der Waals surface area contributed by atoms with E-state index >= 15 is 0 Å². The van der Waals surface area contributed by atoms with Crippen LogP contribution in [0.25, 0.3) is 0 Å². The highest BCUT2D eigenvalue weighted by Crippen LogP contribution is 2.34. The van der Waals surface area contributed by atoms with E-state index in [9.17, 15) is 9.59 Å². The first-order valence-electron chi connectivity index (χ1n) is 5.74. The van der Waals surface area contributed by atoms with E-state index in [1.165, 1.54) is 13.2 Å². The maximum Gasteiger partial charge on any atom is 0.341 e. The summed E-state index contributed by atoms with van der Waals surface area (Å²) >= 11 is 0. The van der Waals surface area contributed by atoms with E-state index in [4.69, 9.17) is 4.74 Å². The Morgan fingerprint density at radius 1 is 1.44 bits per heavy atom. The number of aryl methyl sites for hydroxylation is 1. The average molecular weight is 251 g/mol. The van der Waals surface area contributed by atoms with Crippen LogP contribution in [0.1, 0.15) is 29.9 Å². The topological polar surface area (TPSA) is 74.8 Å². The molecule has 0 bridgehead atoms. The molecule has 0 aromatic carbocycles. The molecule has 0 radical (unpaired) electrons. The predicted octanol–water partition coefficient (Wildman–Crippen LogP) is 1.92. The molecule has 1 aromatic heterocycles. The standard InChI is InChI=1S/C12H17N3O3/c1-5-15(6-2)10-9(12(17)18-4)8(3)14-11(10)13-7-16/h14H,5-6H2,1-4H3. The van der Waals surface area contributed by atoms with Crippen molar-refractivity contribution in [1.82, 2.24) is 4.98 Å². The Labute approximate surface area is 106 Å². The van der Waals surface area contributed by atoms with Crippen LogP contribution in [0.15, 0.2) is 4.99 Å². The van der Waals surface area contributed by atoms with E-state index < -0.39 is 5.97 Å². The summed E-state index contributed by atoms with van der Waals surface area (Å²) < 4.78 is 4.76. The summed E-state index contributed by atoms with van der Waals surface area (Å²) in [4.78, 5) is 30.7. The highest BCUT2D eigenvalue weighted by atomic mass is 16.5. The number of nitrogens with zero attached hydrogens (tertiary/aromatic N) is 2. The van der Waals surface area contributed by atoms with Crippen molar-refractivity contribution >= 4 is 23.6 Å². The van der Waals surface area contributed by atoms with Gasteiger partial charge in [0.1, 0.15) is 5.56 Å². The van der Waals surface area contributed by atoms with Gasteiger partial charge < -0.3 is 14.6 Å². The van der Waals surface area contributed by atoms with Crippen LogP contribution in [0.4, 0.5) is 11.5 Å². The number of nitrogens with one attached hydrogen (secondary N) is 1. The van der Waals surface area contributed by atoms with Gasteiger partial charge in [0.15, 0.2) is 5.82 Å². The Balaban J connectivity index is 3.49. The number of aromatic nitrogens is 1. The number of aromatic amines is 1. The van der Waals surface area contributed by atoms with Crippen molar-refractivity contribution in [2.24, 2.45) is 4.99 Å². The minimum atomic E-state index is -0.446. The van der Waals surface area contributed by atoms with Gasteiger partial charge in [-0.1, -0.05) is 0 Å². The van der Waals surface area contributed by atoms with E-state index in [-0.39, 0.29) is 0 Å². The van der Waals surface area contributed by atoms with Gasteiger partial charge in [-0.3, -0.25) is 0 Å². The molecule has 0 saturated heterocycles. The molecule has 0 atom stereocenters. The molecule has 0 saturated carbocycles. The maximum absolute atomic E-state index is 11.8. The molecule has 18 heavy (non-hydrogen) atoms. The maximum atomic E-state index is 11.8. The second-order valence-electron chi connectivity index (χ2n) is 3.69. The van der Waals surface area contributed by atoms with Crippen molar-refractivity contribution in [2.45, 2.75) is 20.8 Å². The number of isocyanates is 1. The quantitative estimate of drug-likeness (QED) is 0.493. The van der Waals surface area contributed by atoms with Gasteiger partial charge in [-0.15, -0.1) is 4.99 Å². The van der Waals surface area contributed by atoms with E-state index in [0.29, 0.717) is 35.9 Å². The zero-order valence-corrected chi connectivity index (χ0v) is 11.0. The van der Waals surface area contributed by atoms with Crippen LogP contribution < -0.4 is 4.90 Å². The number of carbonyl (C=O) groups excluding carboxylic acids is 2. The third-order valence-corrected chi connectivity index (χ3v) is 2.77. The Morgan fingerprint density at radius 3 is 2.50 bits per heavy atom. The normalized spacial score (nSPS) is 9.78. The Kier molecular flexibility index (Phi) is 4.68. The lowest BCUT2D eigenvalue weighted by Gasteiger charge is -2.21. The molecule has 0 unspecified atom stereocenters. The second kappa shape index (κ2) is 6.02. The molecule has 0 aliphatic rings. The van der Waals surface area contributed by atoms with Crippen molar-refractivity contribution in [2.75, 3.05) is 25.1 Å². The largest absolute Gasteiger partial charge is 0.465 e. The Bertz CT molecular complexity index is 483. The van der Waals surface area contributed by atoms with Crippen molar-refractivity contribution in [1.29, 1.82) is 0 Å². The predicted molar refractivity (Wildman–Crippen MR) is 68.2 cm³/mol. The molecule has 1 heterocycles. The molecule has 0 fully saturated rings. The summed E-state index contributed by atoms with van der Waals surface area (Å²) in [5.74, 6) is -0.107. The number of esters is 1. The molecule has 0 aliphatic heterocycles. The van der Waals surface area contributed by atoms with Gasteiger partial charge >= 0.3 is 5.97 Å². The molecule has 0 spiro atoms. The summed E-state index contributed by atoms with van der Waals surface area (Å²) in [6.07, 6.45) is 1.49. The van der Waals surface area contributed by atoms with E-state index in [2.05, 4.69) is 9.98 Å². The lowest BCUT2D eigenvalue weighted by atomic mass is 10.2. The molecule has 0 amide bonds. The number of hydrogen-bond acceptors (Lipinski definition) is 5. The van der Waals surface area contributed by atoms with E-state index in [1.54, 1.807) is 6.92 Å². The third kappa shape index (κ3) is 2.43. The SMILES string of the molecule is CCN(CC)c1c(N=C=O)[nH]c(C)c1C(=O)OC. The van der Waals surface area contributed by atoms with Gasteiger partial charge in [0, 0.05) is 18.8 Å². The van der Waals surface area contributed by atoms with Crippen molar-refractivity contribution in [3.05, 3.63) is 11.3 Å². The minimum absolute atomic E-state index is 0.339. The fourth-order valence-electron chi connectivity index (χ4n) is 1.92. The zero-order chi connectivity index (χ0) is 13.7. The molecule has 0 aliphatic carbocycles. The molecule has 1 rings (SSSR count).